The Morgan fingerprint density at radius 3 is 2.45 bits per heavy atom. The van der Waals surface area contributed by atoms with E-state index in [-0.39, 0.29) is 11.7 Å². The van der Waals surface area contributed by atoms with Gasteiger partial charge in [-0.2, -0.15) is 14.0 Å². The highest BCUT2D eigenvalue weighted by Gasteiger charge is 2.64. The lowest BCUT2D eigenvalue weighted by molar-refractivity contribution is -0.150. The number of hydrogen-bond donors (Lipinski definition) is 0. The first-order valence-corrected chi connectivity index (χ1v) is 10.7. The summed E-state index contributed by atoms with van der Waals surface area (Å²) < 4.78 is 68.4. The smallest absolute Gasteiger partial charge is 0.313 e. The third-order valence-electron chi connectivity index (χ3n) is 5.97. The van der Waals surface area contributed by atoms with Crippen molar-refractivity contribution in [2.45, 2.75) is 51.7 Å². The maximum absolute atomic E-state index is 15.0. The Labute approximate surface area is 190 Å². The Morgan fingerprint density at radius 2 is 1.85 bits per heavy atom. The van der Waals surface area contributed by atoms with Crippen LogP contribution in [0.5, 0.6) is 0 Å². The molecule has 2 aromatic rings. The van der Waals surface area contributed by atoms with Crippen LogP contribution < -0.4 is 0 Å². The normalized spacial score (nSPS) is 20.1. The number of hydrogen-bond acceptors (Lipinski definition) is 4. The molecule has 4 nitrogen and oxygen atoms in total. The van der Waals surface area contributed by atoms with E-state index < -0.39 is 52.1 Å². The zero-order chi connectivity index (χ0) is 24.4. The van der Waals surface area contributed by atoms with Crippen molar-refractivity contribution >= 4 is 5.97 Å². The molecular formula is C25H25F4NO3. The SMILES string of the molecule is CCCCOC1C(C(=O)OC(C#N)c2ccc(F)c(C(F)(F)c3ccc(F)cc3)c2)C1(C)C. The number of halogens is 4. The van der Waals surface area contributed by atoms with E-state index in [2.05, 4.69) is 0 Å². The minimum atomic E-state index is -3.80. The van der Waals surface area contributed by atoms with Gasteiger partial charge in [-0.3, -0.25) is 4.79 Å². The second-order valence-corrected chi connectivity index (χ2v) is 8.71. The highest BCUT2D eigenvalue weighted by molar-refractivity contribution is 5.78. The van der Waals surface area contributed by atoms with Crippen molar-refractivity contribution in [2.75, 3.05) is 6.61 Å². The average molecular weight is 463 g/mol. The number of benzene rings is 2. The van der Waals surface area contributed by atoms with E-state index in [0.29, 0.717) is 6.61 Å². The van der Waals surface area contributed by atoms with Crippen LogP contribution in [0.4, 0.5) is 17.6 Å². The summed E-state index contributed by atoms with van der Waals surface area (Å²) in [5.41, 5.74) is -2.19. The predicted octanol–water partition coefficient (Wildman–Crippen LogP) is 6.05. The lowest BCUT2D eigenvalue weighted by atomic mass is 9.96. The van der Waals surface area contributed by atoms with Crippen molar-refractivity contribution in [1.82, 2.24) is 0 Å². The first kappa shape index (κ1) is 24.7. The standard InChI is InChI=1S/C25H25F4NO3/c1-4-5-12-32-22-21(24(22,2)3)23(31)33-20(14-30)15-6-11-19(27)18(13-15)25(28,29)16-7-9-17(26)10-8-16/h6-11,13,20-22H,4-5,12H2,1-3H3. The zero-order valence-corrected chi connectivity index (χ0v) is 18.6. The molecular weight excluding hydrogens is 438 g/mol. The van der Waals surface area contributed by atoms with E-state index in [1.807, 2.05) is 20.8 Å². The van der Waals surface area contributed by atoms with Gasteiger partial charge >= 0.3 is 11.9 Å². The highest BCUT2D eigenvalue weighted by Crippen LogP contribution is 2.55. The molecule has 0 N–H and O–H groups in total. The van der Waals surface area contributed by atoms with Gasteiger partial charge in [-0.1, -0.05) is 33.3 Å². The van der Waals surface area contributed by atoms with Crippen molar-refractivity contribution in [3.05, 3.63) is 70.8 Å². The van der Waals surface area contributed by atoms with Gasteiger partial charge in [0.2, 0.25) is 6.10 Å². The van der Waals surface area contributed by atoms with Crippen molar-refractivity contribution in [3.63, 3.8) is 0 Å². The number of ether oxygens (including phenoxy) is 2. The molecule has 1 aliphatic rings. The number of esters is 1. The number of nitriles is 1. The molecule has 0 aromatic heterocycles. The fourth-order valence-electron chi connectivity index (χ4n) is 3.80. The van der Waals surface area contributed by atoms with Crippen LogP contribution in [0.25, 0.3) is 0 Å². The average Bonchev–Trinajstić information content (AvgIpc) is 3.33. The molecule has 0 aliphatic heterocycles. The third-order valence-corrected chi connectivity index (χ3v) is 5.97. The molecule has 0 bridgehead atoms. The second kappa shape index (κ2) is 9.52. The zero-order valence-electron chi connectivity index (χ0n) is 18.6. The molecule has 1 aliphatic carbocycles. The van der Waals surface area contributed by atoms with Crippen molar-refractivity contribution in [2.24, 2.45) is 11.3 Å². The predicted molar refractivity (Wildman–Crippen MR) is 112 cm³/mol. The number of nitrogens with zero attached hydrogens (tertiary/aromatic N) is 1. The van der Waals surface area contributed by atoms with Crippen LogP contribution in [0.1, 0.15) is 56.4 Å². The Hall–Kier alpha value is -2.92. The van der Waals surface area contributed by atoms with Crippen LogP contribution >= 0.6 is 0 Å². The molecule has 8 heteroatoms. The molecule has 2 aromatic carbocycles. The lowest BCUT2D eigenvalue weighted by Crippen LogP contribution is -2.19. The fourth-order valence-corrected chi connectivity index (χ4v) is 3.80. The van der Waals surface area contributed by atoms with E-state index >= 15 is 0 Å². The number of carbonyl (C=O) groups is 1. The molecule has 176 valence electrons. The maximum Gasteiger partial charge on any atom is 0.313 e. The van der Waals surface area contributed by atoms with E-state index in [9.17, 15) is 27.6 Å². The van der Waals surface area contributed by atoms with Crippen molar-refractivity contribution in [3.8, 4) is 6.07 Å². The summed E-state index contributed by atoms with van der Waals surface area (Å²) in [5.74, 6) is -6.98. The van der Waals surface area contributed by atoms with E-state index in [4.69, 9.17) is 9.47 Å². The second-order valence-electron chi connectivity index (χ2n) is 8.71. The van der Waals surface area contributed by atoms with Gasteiger partial charge < -0.3 is 9.47 Å². The molecule has 1 saturated carbocycles. The first-order valence-electron chi connectivity index (χ1n) is 10.7. The van der Waals surface area contributed by atoms with Gasteiger partial charge in [0.1, 0.15) is 17.7 Å². The van der Waals surface area contributed by atoms with Gasteiger partial charge in [0.25, 0.3) is 0 Å². The van der Waals surface area contributed by atoms with Gasteiger partial charge in [-0.05, 0) is 42.8 Å². The first-order chi connectivity index (χ1) is 15.5. The van der Waals surface area contributed by atoms with E-state index in [0.717, 1.165) is 55.3 Å². The van der Waals surface area contributed by atoms with Crippen LogP contribution in [0.3, 0.4) is 0 Å². The quantitative estimate of drug-likeness (QED) is 0.258. The Kier molecular flexibility index (Phi) is 7.13. The minimum Gasteiger partial charge on any atom is -0.442 e. The summed E-state index contributed by atoms with van der Waals surface area (Å²) in [6.45, 7) is 6.20. The summed E-state index contributed by atoms with van der Waals surface area (Å²) in [5, 5.41) is 9.53. The lowest BCUT2D eigenvalue weighted by Gasteiger charge is -2.20. The van der Waals surface area contributed by atoms with Gasteiger partial charge in [-0.25, -0.2) is 8.78 Å². The van der Waals surface area contributed by atoms with Crippen LogP contribution in [0.15, 0.2) is 42.5 Å². The summed E-state index contributed by atoms with van der Waals surface area (Å²) in [7, 11) is 0. The fraction of sp³-hybridized carbons (Fsp3) is 0.440. The molecule has 0 spiro atoms. The van der Waals surface area contributed by atoms with E-state index in [1.54, 1.807) is 6.07 Å². The number of carbonyl (C=O) groups excluding carboxylic acids is 1. The van der Waals surface area contributed by atoms with Gasteiger partial charge in [0, 0.05) is 23.1 Å². The molecule has 0 saturated heterocycles. The van der Waals surface area contributed by atoms with Gasteiger partial charge in [0.15, 0.2) is 0 Å². The van der Waals surface area contributed by atoms with Gasteiger partial charge in [-0.15, -0.1) is 0 Å². The van der Waals surface area contributed by atoms with Crippen molar-refractivity contribution in [1.29, 1.82) is 5.26 Å². The Bertz CT molecular complexity index is 1050. The topological polar surface area (TPSA) is 59.3 Å². The van der Waals surface area contributed by atoms with Crippen LogP contribution in [0.2, 0.25) is 0 Å². The number of unbranched alkanes of at least 4 members (excludes halogenated alkanes) is 1. The summed E-state index contributed by atoms with van der Waals surface area (Å²) in [4.78, 5) is 12.7. The van der Waals surface area contributed by atoms with E-state index in [1.165, 1.54) is 0 Å². The summed E-state index contributed by atoms with van der Waals surface area (Å²) in [6, 6.07) is 7.89. The number of alkyl halides is 2. The van der Waals surface area contributed by atoms with Crippen LogP contribution in [0, 0.1) is 34.3 Å². The Morgan fingerprint density at radius 1 is 1.18 bits per heavy atom. The molecule has 3 atom stereocenters. The van der Waals surface area contributed by atoms with Crippen LogP contribution in [-0.4, -0.2) is 18.7 Å². The number of rotatable bonds is 9. The molecule has 0 radical (unpaired) electrons. The van der Waals surface area contributed by atoms with Crippen LogP contribution in [-0.2, 0) is 20.2 Å². The Balaban J connectivity index is 1.80. The third kappa shape index (κ3) is 5.03. The van der Waals surface area contributed by atoms with Crippen molar-refractivity contribution < 1.29 is 31.8 Å². The molecule has 3 rings (SSSR count). The minimum absolute atomic E-state index is 0.0917. The van der Waals surface area contributed by atoms with Gasteiger partial charge in [0.05, 0.1) is 17.6 Å². The molecule has 0 heterocycles. The maximum atomic E-state index is 15.0. The molecule has 0 amide bonds. The molecule has 1 fully saturated rings. The molecule has 33 heavy (non-hydrogen) atoms. The largest absolute Gasteiger partial charge is 0.442 e. The summed E-state index contributed by atoms with van der Waals surface area (Å²) >= 11 is 0. The highest BCUT2D eigenvalue weighted by atomic mass is 19.3. The monoisotopic (exact) mass is 463 g/mol. The molecule has 3 unspecified atom stereocenters. The summed E-state index contributed by atoms with van der Waals surface area (Å²) in [6.07, 6.45) is -0.0830.